The van der Waals surface area contributed by atoms with Gasteiger partial charge in [-0.05, 0) is 74.9 Å². The van der Waals surface area contributed by atoms with Crippen LogP contribution in [0.5, 0.6) is 5.75 Å². The first-order valence-corrected chi connectivity index (χ1v) is 18.7. The lowest BCUT2D eigenvalue weighted by molar-refractivity contribution is -0.0365. The molecule has 10 nitrogen and oxygen atoms in total. The van der Waals surface area contributed by atoms with Crippen molar-refractivity contribution in [2.24, 2.45) is 0 Å². The molecule has 40 heavy (non-hydrogen) atoms. The highest BCUT2D eigenvalue weighted by Crippen LogP contribution is 2.39. The molecule has 0 saturated carbocycles. The van der Waals surface area contributed by atoms with Crippen LogP contribution in [-0.4, -0.2) is 66.4 Å². The van der Waals surface area contributed by atoms with Crippen LogP contribution in [-0.2, 0) is 26.1 Å². The van der Waals surface area contributed by atoms with Gasteiger partial charge in [-0.15, -0.1) is 0 Å². The molecule has 0 spiro atoms. The zero-order valence-electron chi connectivity index (χ0n) is 24.4. The minimum absolute atomic E-state index is 0.0816. The molecule has 1 saturated heterocycles. The van der Waals surface area contributed by atoms with Gasteiger partial charge >= 0.3 is 0 Å². The maximum absolute atomic E-state index is 10.8. The molecule has 1 aliphatic heterocycles. The molecule has 1 N–H and O–H groups in total. The summed E-state index contributed by atoms with van der Waals surface area (Å²) in [5, 5.41) is 10.7. The van der Waals surface area contributed by atoms with Crippen LogP contribution in [0, 0.1) is 0 Å². The highest BCUT2D eigenvalue weighted by atomic mass is 32.2. The Hall–Kier alpha value is -2.25. The second kappa shape index (κ2) is 12.7. The summed E-state index contributed by atoms with van der Waals surface area (Å²) in [5.74, 6) is 0.638. The fourth-order valence-corrected chi connectivity index (χ4v) is 6.10. The zero-order valence-corrected chi connectivity index (χ0v) is 26.2. The number of fused-ring (bicyclic) bond motifs is 1. The third-order valence-corrected chi connectivity index (χ3v) is 13.0. The summed E-state index contributed by atoms with van der Waals surface area (Å²) in [6.45, 7) is 13.7. The average Bonchev–Trinajstić information content (AvgIpc) is 3.49. The van der Waals surface area contributed by atoms with Crippen LogP contribution in [0.1, 0.15) is 65.5 Å². The molecule has 12 heteroatoms. The van der Waals surface area contributed by atoms with Gasteiger partial charge in [-0.25, -0.2) is 4.68 Å². The molecule has 1 aromatic carbocycles. The Labute approximate surface area is 238 Å². The Morgan fingerprint density at radius 2 is 1.93 bits per heavy atom. The van der Waals surface area contributed by atoms with Crippen LogP contribution < -0.4 is 4.43 Å². The molecule has 1 fully saturated rings. The maximum Gasteiger partial charge on any atom is 0.264 e. The summed E-state index contributed by atoms with van der Waals surface area (Å²) >= 11 is 0. The molecular formula is C28H44N4O6SSi. The van der Waals surface area contributed by atoms with Gasteiger partial charge in [0.25, 0.3) is 10.1 Å². The van der Waals surface area contributed by atoms with E-state index in [0.29, 0.717) is 32.6 Å². The standard InChI is InChI=1S/C28H44N4O6SSi/c1-28(2,3)40(4,5)38-23-12-13-25-24(19-23)27(30-32(25)26-11-6-7-17-37-26)22-20-29-31(21-22)14-10-16-36-15-8-9-18-39(33,34)35/h12-13,19-21,26H,6-11,14-18H2,1-5H3,(H,33,34,35). The second-order valence-corrected chi connectivity index (χ2v) is 18.4. The Bertz CT molecular complexity index is 1370. The first-order chi connectivity index (χ1) is 18.8. The number of unbranched alkanes of at least 4 members (excludes halogenated alkanes) is 1. The van der Waals surface area contributed by atoms with Crippen molar-refractivity contribution >= 4 is 29.3 Å². The smallest absolute Gasteiger partial charge is 0.264 e. The lowest BCUT2D eigenvalue weighted by atomic mass is 10.1. The summed E-state index contributed by atoms with van der Waals surface area (Å²) in [6.07, 6.45) is 8.67. The molecule has 3 aromatic rings. The van der Waals surface area contributed by atoms with Gasteiger partial charge in [0, 0.05) is 43.5 Å². The van der Waals surface area contributed by atoms with E-state index >= 15 is 0 Å². The SMILES string of the molecule is CC(C)(C)[Si](C)(C)Oc1ccc2c(c1)c(-c1cnn(CCCOCCCCS(=O)(=O)O)c1)nn2C1CCCCO1. The lowest BCUT2D eigenvalue weighted by Gasteiger charge is -2.36. The Morgan fingerprint density at radius 1 is 1.15 bits per heavy atom. The molecule has 0 amide bonds. The zero-order chi connectivity index (χ0) is 29.0. The van der Waals surface area contributed by atoms with Gasteiger partial charge in [0.05, 0.1) is 17.5 Å². The Balaban J connectivity index is 1.48. The van der Waals surface area contributed by atoms with Crippen molar-refractivity contribution in [1.29, 1.82) is 0 Å². The molecule has 0 aliphatic carbocycles. The van der Waals surface area contributed by atoms with E-state index < -0.39 is 18.4 Å². The monoisotopic (exact) mass is 592 g/mol. The van der Waals surface area contributed by atoms with Crippen molar-refractivity contribution in [3.05, 3.63) is 30.6 Å². The Morgan fingerprint density at radius 3 is 2.62 bits per heavy atom. The molecule has 222 valence electrons. The fourth-order valence-electron chi connectivity index (χ4n) is 4.51. The number of benzene rings is 1. The van der Waals surface area contributed by atoms with Crippen molar-refractivity contribution in [2.45, 2.75) is 90.2 Å². The van der Waals surface area contributed by atoms with Crippen molar-refractivity contribution in [3.8, 4) is 17.0 Å². The molecule has 1 unspecified atom stereocenters. The van der Waals surface area contributed by atoms with Gasteiger partial charge in [0.15, 0.2) is 6.23 Å². The van der Waals surface area contributed by atoms with E-state index in [-0.39, 0.29) is 17.0 Å². The van der Waals surface area contributed by atoms with Crippen LogP contribution in [0.4, 0.5) is 0 Å². The van der Waals surface area contributed by atoms with Crippen LogP contribution in [0.3, 0.4) is 0 Å². The molecule has 4 rings (SSSR count). The van der Waals surface area contributed by atoms with E-state index in [9.17, 15) is 8.42 Å². The van der Waals surface area contributed by atoms with Crippen molar-refractivity contribution in [3.63, 3.8) is 0 Å². The summed E-state index contributed by atoms with van der Waals surface area (Å²) in [5.41, 5.74) is 2.83. The number of nitrogens with zero attached hydrogens (tertiary/aromatic N) is 4. The number of aromatic nitrogens is 4. The van der Waals surface area contributed by atoms with Crippen LogP contribution in [0.2, 0.25) is 18.1 Å². The molecule has 1 atom stereocenters. The number of hydrogen-bond acceptors (Lipinski definition) is 7. The molecular weight excluding hydrogens is 548 g/mol. The third kappa shape index (κ3) is 7.94. The third-order valence-electron chi connectivity index (χ3n) is 7.81. The van der Waals surface area contributed by atoms with E-state index in [4.69, 9.17) is 23.6 Å². The van der Waals surface area contributed by atoms with E-state index in [1.165, 1.54) is 0 Å². The molecule has 0 radical (unpaired) electrons. The first-order valence-electron chi connectivity index (χ1n) is 14.2. The number of aryl methyl sites for hydroxylation is 1. The normalized spacial score (nSPS) is 17.0. The predicted molar refractivity (Wildman–Crippen MR) is 159 cm³/mol. The lowest BCUT2D eigenvalue weighted by Crippen LogP contribution is -2.43. The van der Waals surface area contributed by atoms with Gasteiger partial charge in [-0.3, -0.25) is 9.23 Å². The topological polar surface area (TPSA) is 118 Å². The van der Waals surface area contributed by atoms with Gasteiger partial charge in [0.2, 0.25) is 8.32 Å². The summed E-state index contributed by atoms with van der Waals surface area (Å²) in [4.78, 5) is 0. The first kappa shape index (κ1) is 30.7. The molecule has 1 aliphatic rings. The van der Waals surface area contributed by atoms with Crippen LogP contribution in [0.25, 0.3) is 22.2 Å². The van der Waals surface area contributed by atoms with E-state index in [0.717, 1.165) is 60.2 Å². The van der Waals surface area contributed by atoms with Crippen LogP contribution >= 0.6 is 0 Å². The van der Waals surface area contributed by atoms with Gasteiger partial charge in [-0.2, -0.15) is 18.6 Å². The second-order valence-electron chi connectivity index (χ2n) is 12.1. The van der Waals surface area contributed by atoms with Gasteiger partial charge in [-0.1, -0.05) is 20.8 Å². The van der Waals surface area contributed by atoms with Gasteiger partial charge < -0.3 is 13.9 Å². The summed E-state index contributed by atoms with van der Waals surface area (Å²) in [6, 6.07) is 6.27. The molecule has 2 aromatic heterocycles. The largest absolute Gasteiger partial charge is 0.543 e. The highest BCUT2D eigenvalue weighted by Gasteiger charge is 2.39. The van der Waals surface area contributed by atoms with Crippen molar-refractivity contribution < 1.29 is 26.9 Å². The number of ether oxygens (including phenoxy) is 2. The Kier molecular flexibility index (Phi) is 9.77. The minimum Gasteiger partial charge on any atom is -0.543 e. The van der Waals surface area contributed by atoms with Crippen molar-refractivity contribution in [1.82, 2.24) is 19.6 Å². The molecule has 3 heterocycles. The van der Waals surface area contributed by atoms with E-state index in [1.54, 1.807) is 0 Å². The fraction of sp³-hybridized carbons (Fsp3) is 0.643. The maximum atomic E-state index is 10.8. The quantitative estimate of drug-likeness (QED) is 0.145. The number of hydrogen-bond donors (Lipinski definition) is 1. The number of rotatable bonds is 13. The summed E-state index contributed by atoms with van der Waals surface area (Å²) < 4.78 is 52.6. The predicted octanol–water partition coefficient (Wildman–Crippen LogP) is 6.06. The highest BCUT2D eigenvalue weighted by molar-refractivity contribution is 7.85. The average molecular weight is 593 g/mol. The molecule has 0 bridgehead atoms. The summed E-state index contributed by atoms with van der Waals surface area (Å²) in [7, 11) is -5.91. The van der Waals surface area contributed by atoms with E-state index in [1.807, 2.05) is 21.8 Å². The van der Waals surface area contributed by atoms with Crippen LogP contribution in [0.15, 0.2) is 30.6 Å². The minimum atomic E-state index is -3.90. The van der Waals surface area contributed by atoms with E-state index in [2.05, 4.69) is 57.2 Å². The van der Waals surface area contributed by atoms with Gasteiger partial charge in [0.1, 0.15) is 11.4 Å². The van der Waals surface area contributed by atoms with Crippen molar-refractivity contribution in [2.75, 3.05) is 25.6 Å².